The van der Waals surface area contributed by atoms with Gasteiger partial charge in [-0.25, -0.2) is 4.98 Å². The first kappa shape index (κ1) is 17.6. The standard InChI is InChI=1S/C19H21N5O2/c1-3-9-26-12-16-14(10-13-7-5-4-6-8-13)18(23-24(16)2)15-11-17(25)22-19(20)21-15/h3-8,11H,1,9-10,12H2,2H3,(H3,20,21,22,25). The van der Waals surface area contributed by atoms with E-state index in [2.05, 4.69) is 21.6 Å². The van der Waals surface area contributed by atoms with Crippen molar-refractivity contribution >= 4 is 5.95 Å². The van der Waals surface area contributed by atoms with Crippen molar-refractivity contribution < 1.29 is 4.74 Å². The number of aromatic amines is 1. The highest BCUT2D eigenvalue weighted by Crippen LogP contribution is 2.26. The zero-order valence-electron chi connectivity index (χ0n) is 14.6. The molecule has 0 bridgehead atoms. The van der Waals surface area contributed by atoms with Crippen molar-refractivity contribution in [2.75, 3.05) is 12.3 Å². The predicted molar refractivity (Wildman–Crippen MR) is 101 cm³/mol. The van der Waals surface area contributed by atoms with E-state index in [4.69, 9.17) is 10.5 Å². The number of nitrogens with two attached hydrogens (primary N) is 1. The van der Waals surface area contributed by atoms with Crippen LogP contribution in [0.3, 0.4) is 0 Å². The monoisotopic (exact) mass is 351 g/mol. The van der Waals surface area contributed by atoms with Gasteiger partial charge in [0, 0.05) is 25.1 Å². The van der Waals surface area contributed by atoms with E-state index in [1.54, 1.807) is 10.8 Å². The van der Waals surface area contributed by atoms with Crippen LogP contribution in [0.4, 0.5) is 5.95 Å². The molecule has 0 fully saturated rings. The second kappa shape index (κ2) is 7.79. The largest absolute Gasteiger partial charge is 0.371 e. The molecule has 7 nitrogen and oxygen atoms in total. The number of hydrogen-bond acceptors (Lipinski definition) is 5. The van der Waals surface area contributed by atoms with Crippen LogP contribution in [0.2, 0.25) is 0 Å². The molecular formula is C19H21N5O2. The molecule has 0 amide bonds. The van der Waals surface area contributed by atoms with Gasteiger partial charge in [-0.15, -0.1) is 6.58 Å². The second-order valence-electron chi connectivity index (χ2n) is 5.88. The van der Waals surface area contributed by atoms with Crippen LogP contribution in [0.5, 0.6) is 0 Å². The van der Waals surface area contributed by atoms with E-state index < -0.39 is 0 Å². The minimum atomic E-state index is -0.312. The number of aromatic nitrogens is 4. The summed E-state index contributed by atoms with van der Waals surface area (Å²) in [5, 5.41) is 4.58. The summed E-state index contributed by atoms with van der Waals surface area (Å²) in [6.45, 7) is 4.50. The first-order valence-corrected chi connectivity index (χ1v) is 8.23. The van der Waals surface area contributed by atoms with Gasteiger partial charge in [-0.2, -0.15) is 5.10 Å². The molecular weight excluding hydrogens is 330 g/mol. The molecule has 0 aliphatic heterocycles. The van der Waals surface area contributed by atoms with Gasteiger partial charge in [-0.3, -0.25) is 14.5 Å². The summed E-state index contributed by atoms with van der Waals surface area (Å²) in [6.07, 6.45) is 2.35. The van der Waals surface area contributed by atoms with Crippen molar-refractivity contribution in [1.82, 2.24) is 19.7 Å². The van der Waals surface area contributed by atoms with Crippen LogP contribution in [0, 0.1) is 0 Å². The first-order chi connectivity index (χ1) is 12.6. The summed E-state index contributed by atoms with van der Waals surface area (Å²) in [4.78, 5) is 18.5. The zero-order chi connectivity index (χ0) is 18.5. The lowest BCUT2D eigenvalue weighted by Gasteiger charge is -2.08. The molecule has 1 aromatic carbocycles. The third-order valence-corrected chi connectivity index (χ3v) is 3.98. The average Bonchev–Trinajstić information content (AvgIpc) is 2.91. The number of benzene rings is 1. The number of nitrogens with one attached hydrogen (secondary N) is 1. The van der Waals surface area contributed by atoms with Crippen molar-refractivity contribution in [2.45, 2.75) is 13.0 Å². The van der Waals surface area contributed by atoms with Crippen molar-refractivity contribution in [2.24, 2.45) is 7.05 Å². The molecule has 0 unspecified atom stereocenters. The molecule has 0 saturated heterocycles. The van der Waals surface area contributed by atoms with E-state index in [1.165, 1.54) is 6.07 Å². The summed E-state index contributed by atoms with van der Waals surface area (Å²) in [7, 11) is 1.85. The van der Waals surface area contributed by atoms with Gasteiger partial charge in [0.25, 0.3) is 5.56 Å². The first-order valence-electron chi connectivity index (χ1n) is 8.23. The Morgan fingerprint density at radius 1 is 1.35 bits per heavy atom. The quantitative estimate of drug-likeness (QED) is 0.501. The minimum absolute atomic E-state index is 0.0632. The Hall–Kier alpha value is -3.19. The summed E-state index contributed by atoms with van der Waals surface area (Å²) in [6, 6.07) is 11.4. The van der Waals surface area contributed by atoms with Gasteiger partial charge in [-0.05, 0) is 5.56 Å². The molecule has 0 atom stereocenters. The number of hydrogen-bond donors (Lipinski definition) is 2. The molecule has 0 saturated carbocycles. The molecule has 2 heterocycles. The van der Waals surface area contributed by atoms with Crippen LogP contribution >= 0.6 is 0 Å². The lowest BCUT2D eigenvalue weighted by molar-refractivity contribution is 0.142. The van der Waals surface area contributed by atoms with Crippen molar-refractivity contribution in [1.29, 1.82) is 0 Å². The van der Waals surface area contributed by atoms with Gasteiger partial charge in [0.05, 0.1) is 18.9 Å². The maximum absolute atomic E-state index is 11.8. The molecule has 7 heteroatoms. The zero-order valence-corrected chi connectivity index (χ0v) is 14.6. The van der Waals surface area contributed by atoms with E-state index in [1.807, 2.05) is 37.4 Å². The Kier molecular flexibility index (Phi) is 5.28. The van der Waals surface area contributed by atoms with Gasteiger partial charge in [0.1, 0.15) is 11.4 Å². The van der Waals surface area contributed by atoms with Gasteiger partial charge in [-0.1, -0.05) is 36.4 Å². The molecule has 26 heavy (non-hydrogen) atoms. The number of aryl methyl sites for hydroxylation is 1. The topological polar surface area (TPSA) is 98.8 Å². The number of ether oxygens (including phenoxy) is 1. The number of nitrogen functional groups attached to an aromatic ring is 1. The van der Waals surface area contributed by atoms with Crippen LogP contribution in [-0.4, -0.2) is 26.4 Å². The lowest BCUT2D eigenvalue weighted by atomic mass is 10.0. The Bertz CT molecular complexity index is 960. The highest BCUT2D eigenvalue weighted by atomic mass is 16.5. The predicted octanol–water partition coefficient (Wildman–Crippen LogP) is 2.05. The molecule has 3 N–H and O–H groups in total. The van der Waals surface area contributed by atoms with Crippen LogP contribution in [-0.2, 0) is 24.8 Å². The van der Waals surface area contributed by atoms with Crippen molar-refractivity contribution in [3.05, 3.63) is 76.2 Å². The summed E-state index contributed by atoms with van der Waals surface area (Å²) < 4.78 is 7.39. The highest BCUT2D eigenvalue weighted by Gasteiger charge is 2.19. The molecule has 3 rings (SSSR count). The van der Waals surface area contributed by atoms with Crippen LogP contribution < -0.4 is 11.3 Å². The van der Waals surface area contributed by atoms with E-state index in [9.17, 15) is 4.79 Å². The Labute approximate surface area is 151 Å². The van der Waals surface area contributed by atoms with Crippen molar-refractivity contribution in [3.63, 3.8) is 0 Å². The van der Waals surface area contributed by atoms with Gasteiger partial charge < -0.3 is 10.5 Å². The molecule has 2 aromatic heterocycles. The van der Waals surface area contributed by atoms with Gasteiger partial charge in [0.15, 0.2) is 0 Å². The van der Waals surface area contributed by atoms with E-state index in [-0.39, 0.29) is 11.5 Å². The molecule has 3 aromatic rings. The number of H-pyrrole nitrogens is 1. The highest BCUT2D eigenvalue weighted by molar-refractivity contribution is 5.61. The third kappa shape index (κ3) is 3.89. The third-order valence-electron chi connectivity index (χ3n) is 3.98. The summed E-state index contributed by atoms with van der Waals surface area (Å²) in [5.41, 5.74) is 9.48. The molecule has 134 valence electrons. The lowest BCUT2D eigenvalue weighted by Crippen LogP contribution is -2.11. The fraction of sp³-hybridized carbons (Fsp3) is 0.211. The molecule has 0 spiro atoms. The van der Waals surface area contributed by atoms with Crippen LogP contribution in [0.25, 0.3) is 11.4 Å². The SMILES string of the molecule is C=CCOCc1c(Cc2ccccc2)c(-c2cc(=O)[nH]c(N)n2)nn1C. The number of anilines is 1. The molecule has 0 aliphatic rings. The van der Waals surface area contributed by atoms with Gasteiger partial charge >= 0.3 is 0 Å². The maximum Gasteiger partial charge on any atom is 0.252 e. The van der Waals surface area contributed by atoms with E-state index >= 15 is 0 Å². The molecule has 0 aliphatic carbocycles. The Morgan fingerprint density at radius 3 is 2.81 bits per heavy atom. The minimum Gasteiger partial charge on any atom is -0.371 e. The van der Waals surface area contributed by atoms with Gasteiger partial charge in [0.2, 0.25) is 5.95 Å². The van der Waals surface area contributed by atoms with Crippen molar-refractivity contribution in [3.8, 4) is 11.4 Å². The molecule has 0 radical (unpaired) electrons. The fourth-order valence-corrected chi connectivity index (χ4v) is 2.81. The Morgan fingerprint density at radius 2 is 2.12 bits per heavy atom. The summed E-state index contributed by atoms with van der Waals surface area (Å²) in [5.74, 6) is 0.0632. The average molecular weight is 351 g/mol. The van der Waals surface area contributed by atoms with E-state index in [0.29, 0.717) is 31.0 Å². The number of nitrogens with zero attached hydrogens (tertiary/aromatic N) is 3. The number of rotatable bonds is 7. The normalized spacial score (nSPS) is 10.8. The summed E-state index contributed by atoms with van der Waals surface area (Å²) >= 11 is 0. The Balaban J connectivity index is 2.09. The maximum atomic E-state index is 11.8. The second-order valence-corrected chi connectivity index (χ2v) is 5.88. The smallest absolute Gasteiger partial charge is 0.252 e. The van der Waals surface area contributed by atoms with Crippen LogP contribution in [0.1, 0.15) is 16.8 Å². The fourth-order valence-electron chi connectivity index (χ4n) is 2.81. The van der Waals surface area contributed by atoms with Crippen LogP contribution in [0.15, 0.2) is 53.8 Å². The van der Waals surface area contributed by atoms with E-state index in [0.717, 1.165) is 16.8 Å².